The molecule has 1 amide bonds. The molecule has 18 heavy (non-hydrogen) atoms. The number of hydrogen-bond acceptors (Lipinski definition) is 3. The van der Waals surface area contributed by atoms with Gasteiger partial charge in [0.25, 0.3) is 0 Å². The molecule has 7 heteroatoms. The van der Waals surface area contributed by atoms with Gasteiger partial charge in [0.05, 0.1) is 10.6 Å². The Bertz CT molecular complexity index is 505. The van der Waals surface area contributed by atoms with E-state index >= 15 is 0 Å². The molecule has 0 atom stereocenters. The van der Waals surface area contributed by atoms with Crippen LogP contribution in [0.2, 0.25) is 5.02 Å². The van der Waals surface area contributed by atoms with Crippen LogP contribution in [0.4, 0.5) is 5.69 Å². The molecule has 0 saturated heterocycles. The molecular formula is C11H11ClN2O3S. The number of amides is 1. The Labute approximate surface area is 114 Å². The lowest BCUT2D eigenvalue weighted by Gasteiger charge is -2.09. The Kier molecular flexibility index (Phi) is 5.06. The van der Waals surface area contributed by atoms with E-state index in [2.05, 4.69) is 10.6 Å². The lowest BCUT2D eigenvalue weighted by Crippen LogP contribution is -2.33. The van der Waals surface area contributed by atoms with Crippen LogP contribution in [0.15, 0.2) is 18.2 Å². The van der Waals surface area contributed by atoms with Crippen LogP contribution in [0.5, 0.6) is 0 Å². The van der Waals surface area contributed by atoms with Crippen LogP contribution < -0.4 is 10.6 Å². The van der Waals surface area contributed by atoms with Gasteiger partial charge in [-0.1, -0.05) is 18.5 Å². The van der Waals surface area contributed by atoms with E-state index in [1.54, 1.807) is 6.92 Å². The second-order valence-corrected chi connectivity index (χ2v) is 4.17. The third-order valence-electron chi connectivity index (χ3n) is 2.03. The molecule has 1 aromatic rings. The predicted octanol–water partition coefficient (Wildman–Crippen LogP) is 2.26. The van der Waals surface area contributed by atoms with Gasteiger partial charge in [-0.25, -0.2) is 4.79 Å². The van der Waals surface area contributed by atoms with E-state index in [1.807, 2.05) is 0 Å². The number of carbonyl (C=O) groups is 2. The van der Waals surface area contributed by atoms with Gasteiger partial charge < -0.3 is 15.7 Å². The normalized spacial score (nSPS) is 9.67. The molecule has 96 valence electrons. The first-order valence-electron chi connectivity index (χ1n) is 5.07. The zero-order chi connectivity index (χ0) is 13.7. The van der Waals surface area contributed by atoms with E-state index in [-0.39, 0.29) is 21.6 Å². The largest absolute Gasteiger partial charge is 0.478 e. The maximum atomic E-state index is 11.1. The van der Waals surface area contributed by atoms with Crippen molar-refractivity contribution >= 4 is 46.5 Å². The van der Waals surface area contributed by atoms with Crippen LogP contribution >= 0.6 is 23.8 Å². The van der Waals surface area contributed by atoms with Crippen LogP contribution in [0, 0.1) is 0 Å². The summed E-state index contributed by atoms with van der Waals surface area (Å²) in [5, 5.41) is 14.2. The molecule has 0 bridgehead atoms. The fourth-order valence-electron chi connectivity index (χ4n) is 1.14. The van der Waals surface area contributed by atoms with Gasteiger partial charge in [0, 0.05) is 12.1 Å². The summed E-state index contributed by atoms with van der Waals surface area (Å²) >= 11 is 10.7. The minimum Gasteiger partial charge on any atom is -0.478 e. The van der Waals surface area contributed by atoms with Gasteiger partial charge >= 0.3 is 5.97 Å². The highest BCUT2D eigenvalue weighted by Gasteiger charge is 2.09. The summed E-state index contributed by atoms with van der Waals surface area (Å²) in [6, 6.07) is 4.30. The van der Waals surface area contributed by atoms with Gasteiger partial charge in [0.1, 0.15) is 0 Å². The van der Waals surface area contributed by atoms with Crippen molar-refractivity contribution in [1.82, 2.24) is 5.32 Å². The third-order valence-corrected chi connectivity index (χ3v) is 2.55. The van der Waals surface area contributed by atoms with E-state index < -0.39 is 5.97 Å². The molecule has 0 saturated carbocycles. The summed E-state index contributed by atoms with van der Waals surface area (Å²) in [5.41, 5.74) is 0.511. The summed E-state index contributed by atoms with van der Waals surface area (Å²) in [7, 11) is 0. The summed E-state index contributed by atoms with van der Waals surface area (Å²) in [4.78, 5) is 21.8. The van der Waals surface area contributed by atoms with Crippen LogP contribution in [0.1, 0.15) is 23.7 Å². The molecule has 0 spiro atoms. The lowest BCUT2D eigenvalue weighted by atomic mass is 10.2. The van der Waals surface area contributed by atoms with E-state index in [0.29, 0.717) is 12.1 Å². The predicted molar refractivity (Wildman–Crippen MR) is 73.1 cm³/mol. The van der Waals surface area contributed by atoms with Gasteiger partial charge in [0.2, 0.25) is 5.91 Å². The molecule has 0 aliphatic rings. The van der Waals surface area contributed by atoms with Crippen molar-refractivity contribution in [2.24, 2.45) is 0 Å². The highest BCUT2D eigenvalue weighted by molar-refractivity contribution is 7.80. The second-order valence-electron chi connectivity index (χ2n) is 3.36. The number of rotatable bonds is 3. The SMILES string of the molecule is CCC(=O)NC(=S)Nc1ccc(C(=O)O)c(Cl)c1. The average molecular weight is 287 g/mol. The molecule has 0 fully saturated rings. The van der Waals surface area contributed by atoms with E-state index in [9.17, 15) is 9.59 Å². The molecule has 1 aromatic carbocycles. The van der Waals surface area contributed by atoms with Crippen LogP contribution in [0.3, 0.4) is 0 Å². The molecule has 0 heterocycles. The third kappa shape index (κ3) is 3.97. The number of carboxylic acid groups (broad SMARTS) is 1. The molecule has 0 aliphatic heterocycles. The van der Waals surface area contributed by atoms with Crippen molar-refractivity contribution in [3.63, 3.8) is 0 Å². The maximum Gasteiger partial charge on any atom is 0.337 e. The minimum absolute atomic E-state index is 0.00530. The Morgan fingerprint density at radius 2 is 2.11 bits per heavy atom. The zero-order valence-corrected chi connectivity index (χ0v) is 11.1. The van der Waals surface area contributed by atoms with E-state index in [0.717, 1.165) is 0 Å². The molecule has 0 aromatic heterocycles. The number of carbonyl (C=O) groups excluding carboxylic acids is 1. The van der Waals surface area contributed by atoms with Gasteiger partial charge in [0.15, 0.2) is 5.11 Å². The van der Waals surface area contributed by atoms with Crippen molar-refractivity contribution in [3.05, 3.63) is 28.8 Å². The van der Waals surface area contributed by atoms with Crippen molar-refractivity contribution < 1.29 is 14.7 Å². The molecule has 1 rings (SSSR count). The number of carboxylic acids is 1. The highest BCUT2D eigenvalue weighted by atomic mass is 35.5. The molecule has 0 aliphatic carbocycles. The fraction of sp³-hybridized carbons (Fsp3) is 0.182. The number of anilines is 1. The first-order valence-corrected chi connectivity index (χ1v) is 5.86. The van der Waals surface area contributed by atoms with Crippen molar-refractivity contribution in [3.8, 4) is 0 Å². The van der Waals surface area contributed by atoms with Crippen LogP contribution in [-0.4, -0.2) is 22.1 Å². The summed E-state index contributed by atoms with van der Waals surface area (Å²) in [6.45, 7) is 1.70. The topological polar surface area (TPSA) is 78.4 Å². The van der Waals surface area contributed by atoms with Crippen LogP contribution in [0.25, 0.3) is 0 Å². The number of thiocarbonyl (C=S) groups is 1. The second kappa shape index (κ2) is 6.32. The quantitative estimate of drug-likeness (QED) is 0.743. The maximum absolute atomic E-state index is 11.1. The standard InChI is InChI=1S/C11H11ClN2O3S/c1-2-9(15)14-11(18)13-6-3-4-7(10(16)17)8(12)5-6/h3-5H,2H2,1H3,(H,16,17)(H2,13,14,15,18). The lowest BCUT2D eigenvalue weighted by molar-refractivity contribution is -0.119. The van der Waals surface area contributed by atoms with E-state index in [4.69, 9.17) is 28.9 Å². The van der Waals surface area contributed by atoms with E-state index in [1.165, 1.54) is 18.2 Å². The average Bonchev–Trinajstić information content (AvgIpc) is 2.28. The van der Waals surface area contributed by atoms with Crippen LogP contribution in [-0.2, 0) is 4.79 Å². The summed E-state index contributed by atoms with van der Waals surface area (Å²) in [6.07, 6.45) is 0.320. The minimum atomic E-state index is -1.10. The summed E-state index contributed by atoms with van der Waals surface area (Å²) in [5.74, 6) is -1.31. The number of benzene rings is 1. The number of nitrogens with one attached hydrogen (secondary N) is 2. The Morgan fingerprint density at radius 1 is 1.44 bits per heavy atom. The smallest absolute Gasteiger partial charge is 0.337 e. The number of hydrogen-bond donors (Lipinski definition) is 3. The van der Waals surface area contributed by atoms with Gasteiger partial charge in [-0.3, -0.25) is 4.79 Å². The first-order chi connectivity index (χ1) is 8.43. The molecule has 0 radical (unpaired) electrons. The van der Waals surface area contributed by atoms with Gasteiger partial charge in [-0.15, -0.1) is 0 Å². The van der Waals surface area contributed by atoms with Crippen molar-refractivity contribution in [2.75, 3.05) is 5.32 Å². The van der Waals surface area contributed by atoms with Gasteiger partial charge in [-0.2, -0.15) is 0 Å². The van der Waals surface area contributed by atoms with Gasteiger partial charge in [-0.05, 0) is 30.4 Å². The molecular weight excluding hydrogens is 276 g/mol. The summed E-state index contributed by atoms with van der Waals surface area (Å²) < 4.78 is 0. The Hall–Kier alpha value is -1.66. The monoisotopic (exact) mass is 286 g/mol. The van der Waals surface area contributed by atoms with Crippen molar-refractivity contribution in [1.29, 1.82) is 0 Å². The highest BCUT2D eigenvalue weighted by Crippen LogP contribution is 2.20. The fourth-order valence-corrected chi connectivity index (χ4v) is 1.64. The number of halogens is 1. The number of aromatic carboxylic acids is 1. The first kappa shape index (κ1) is 14.4. The zero-order valence-electron chi connectivity index (χ0n) is 9.49. The van der Waals surface area contributed by atoms with Crippen molar-refractivity contribution in [2.45, 2.75) is 13.3 Å². The Balaban J connectivity index is 2.75. The molecule has 0 unspecified atom stereocenters. The molecule has 3 N–H and O–H groups in total. The molecule has 5 nitrogen and oxygen atoms in total. The Morgan fingerprint density at radius 3 is 2.61 bits per heavy atom.